The Kier molecular flexibility index (Phi) is 6.80. The predicted molar refractivity (Wildman–Crippen MR) is 229 cm³/mol. The maximum atomic E-state index is 4.34. The summed E-state index contributed by atoms with van der Waals surface area (Å²) in [5, 5.41) is 5.24. The lowest BCUT2D eigenvalue weighted by Gasteiger charge is -2.27. The molecule has 0 radical (unpaired) electrons. The third-order valence-electron chi connectivity index (χ3n) is 11.3. The number of anilines is 3. The van der Waals surface area contributed by atoms with Gasteiger partial charge in [-0.25, -0.2) is 0 Å². The monoisotopic (exact) mass is 686 g/mol. The summed E-state index contributed by atoms with van der Waals surface area (Å²) in [6.45, 7) is 0. The van der Waals surface area contributed by atoms with E-state index in [4.69, 9.17) is 0 Å². The van der Waals surface area contributed by atoms with Crippen molar-refractivity contribution in [3.63, 3.8) is 0 Å². The lowest BCUT2D eigenvalue weighted by molar-refractivity contribution is 1.28. The number of nitrogens with zero attached hydrogens (tertiary/aromatic N) is 2. The zero-order valence-corrected chi connectivity index (χ0v) is 29.8. The van der Waals surface area contributed by atoms with Gasteiger partial charge in [-0.05, 0) is 130 Å². The minimum Gasteiger partial charge on any atom is -0.310 e. The molecule has 0 fully saturated rings. The fraction of sp³-hybridized carbons (Fsp3) is 0.0192. The topological polar surface area (TPSA) is 15.6 Å². The summed E-state index contributed by atoms with van der Waals surface area (Å²) in [5.74, 6) is 0. The van der Waals surface area contributed by atoms with Crippen molar-refractivity contribution in [1.29, 1.82) is 0 Å². The van der Waals surface area contributed by atoms with Crippen LogP contribution < -0.4 is 4.90 Å². The molecule has 0 saturated heterocycles. The molecular formula is C52H34N2. The average molecular weight is 687 g/mol. The molecule has 9 aromatic rings. The molecule has 0 spiro atoms. The highest BCUT2D eigenvalue weighted by Crippen LogP contribution is 2.51. The van der Waals surface area contributed by atoms with E-state index in [1.807, 2.05) is 13.3 Å². The van der Waals surface area contributed by atoms with Crippen LogP contribution in [0.1, 0.15) is 5.56 Å². The molecule has 0 aliphatic heterocycles. The number of fused-ring (bicyclic) bond motifs is 6. The second-order valence-corrected chi connectivity index (χ2v) is 14.3. The quantitative estimate of drug-likeness (QED) is 0.159. The SMILES string of the molecule is CN=Cc1cccc(N(c2cccc(-c3ccc4c5c(cccc35)-c3ccccc3-4)c2)c2cccc(-c3ccc4c5c(cccc35)-c3ccccc3-4)c2)c1. The molecule has 0 saturated carbocycles. The van der Waals surface area contributed by atoms with Crippen molar-refractivity contribution in [2.75, 3.05) is 11.9 Å². The van der Waals surface area contributed by atoms with E-state index in [-0.39, 0.29) is 0 Å². The van der Waals surface area contributed by atoms with Crippen LogP contribution in [0.3, 0.4) is 0 Å². The van der Waals surface area contributed by atoms with E-state index in [0.29, 0.717) is 0 Å². The smallest absolute Gasteiger partial charge is 0.0468 e. The molecule has 0 amide bonds. The van der Waals surface area contributed by atoms with Gasteiger partial charge >= 0.3 is 0 Å². The van der Waals surface area contributed by atoms with Gasteiger partial charge < -0.3 is 4.90 Å². The van der Waals surface area contributed by atoms with Gasteiger partial charge in [0.05, 0.1) is 0 Å². The maximum Gasteiger partial charge on any atom is 0.0468 e. The number of rotatable bonds is 6. The van der Waals surface area contributed by atoms with Crippen LogP contribution in [0.5, 0.6) is 0 Å². The molecule has 0 N–H and O–H groups in total. The Morgan fingerprint density at radius 2 is 0.741 bits per heavy atom. The standard InChI is InChI=1S/C52H34N2/c1-53-32-33-11-6-14-36(29-33)54(37-15-7-12-34(30-37)39-25-27-49-43-19-4-2-17-41(43)47-23-9-21-45(39)51(47)49)38-16-8-13-35(31-38)40-26-28-50-44-20-5-3-18-42(44)48-24-10-22-46(40)52(48)50/h2-32H,1H3. The summed E-state index contributed by atoms with van der Waals surface area (Å²) in [4.78, 5) is 6.72. The van der Waals surface area contributed by atoms with Crippen molar-refractivity contribution in [1.82, 2.24) is 0 Å². The summed E-state index contributed by atoms with van der Waals surface area (Å²) in [6, 6.07) is 66.9. The maximum absolute atomic E-state index is 4.34. The van der Waals surface area contributed by atoms with Crippen molar-refractivity contribution >= 4 is 44.8 Å². The lowest BCUT2D eigenvalue weighted by atomic mass is 9.93. The summed E-state index contributed by atoms with van der Waals surface area (Å²) < 4.78 is 0. The molecule has 0 bridgehead atoms. The van der Waals surface area contributed by atoms with Crippen LogP contribution in [0.25, 0.3) is 88.3 Å². The van der Waals surface area contributed by atoms with Gasteiger partial charge in [-0.2, -0.15) is 0 Å². The number of hydrogen-bond acceptors (Lipinski definition) is 2. The second kappa shape index (κ2) is 12.0. The van der Waals surface area contributed by atoms with Gasteiger partial charge in [-0.1, -0.05) is 146 Å². The van der Waals surface area contributed by atoms with Crippen molar-refractivity contribution < 1.29 is 0 Å². The first-order valence-electron chi connectivity index (χ1n) is 18.6. The first-order valence-corrected chi connectivity index (χ1v) is 18.6. The molecule has 2 nitrogen and oxygen atoms in total. The largest absolute Gasteiger partial charge is 0.310 e. The van der Waals surface area contributed by atoms with Crippen LogP contribution in [0.2, 0.25) is 0 Å². The van der Waals surface area contributed by atoms with E-state index in [9.17, 15) is 0 Å². The number of aliphatic imine (C=N–C) groups is 1. The van der Waals surface area contributed by atoms with Crippen molar-refractivity contribution in [2.45, 2.75) is 0 Å². The van der Waals surface area contributed by atoms with E-state index in [1.54, 1.807) is 0 Å². The molecule has 0 unspecified atom stereocenters. The van der Waals surface area contributed by atoms with Gasteiger partial charge in [0.2, 0.25) is 0 Å². The lowest BCUT2D eigenvalue weighted by Crippen LogP contribution is -2.10. The van der Waals surface area contributed by atoms with Crippen LogP contribution in [0.4, 0.5) is 17.1 Å². The minimum atomic E-state index is 1.06. The van der Waals surface area contributed by atoms with E-state index >= 15 is 0 Å². The van der Waals surface area contributed by atoms with Crippen LogP contribution >= 0.6 is 0 Å². The Hall–Kier alpha value is -7.03. The highest BCUT2D eigenvalue weighted by atomic mass is 15.1. The van der Waals surface area contributed by atoms with Gasteiger partial charge in [0, 0.05) is 30.3 Å². The van der Waals surface area contributed by atoms with Gasteiger partial charge in [0.15, 0.2) is 0 Å². The van der Waals surface area contributed by atoms with Gasteiger partial charge in [-0.3, -0.25) is 4.99 Å². The Morgan fingerprint density at radius 3 is 1.22 bits per heavy atom. The van der Waals surface area contributed by atoms with E-state index in [2.05, 4.69) is 192 Å². The first kappa shape index (κ1) is 30.6. The van der Waals surface area contributed by atoms with Crippen LogP contribution in [-0.4, -0.2) is 13.3 Å². The van der Waals surface area contributed by atoms with Crippen LogP contribution in [-0.2, 0) is 0 Å². The average Bonchev–Trinajstić information content (AvgIpc) is 3.73. The zero-order chi connectivity index (χ0) is 35.8. The molecule has 2 aliphatic carbocycles. The molecule has 0 heterocycles. The van der Waals surface area contributed by atoms with Gasteiger partial charge in [0.25, 0.3) is 0 Å². The molecule has 2 aliphatic rings. The Morgan fingerprint density at radius 1 is 0.352 bits per heavy atom. The molecule has 11 rings (SSSR count). The van der Waals surface area contributed by atoms with E-state index in [1.165, 1.54) is 88.3 Å². The second-order valence-electron chi connectivity index (χ2n) is 14.3. The van der Waals surface area contributed by atoms with E-state index in [0.717, 1.165) is 22.6 Å². The summed E-state index contributed by atoms with van der Waals surface area (Å²) in [6.07, 6.45) is 1.92. The Labute approximate surface area is 315 Å². The third-order valence-corrected chi connectivity index (χ3v) is 11.3. The van der Waals surface area contributed by atoms with Crippen molar-refractivity contribution in [3.05, 3.63) is 188 Å². The van der Waals surface area contributed by atoms with Gasteiger partial charge in [-0.15, -0.1) is 0 Å². The third kappa shape index (κ3) is 4.57. The summed E-state index contributed by atoms with van der Waals surface area (Å²) >= 11 is 0. The molecule has 2 heteroatoms. The highest BCUT2D eigenvalue weighted by Gasteiger charge is 2.24. The van der Waals surface area contributed by atoms with Crippen LogP contribution in [0, 0.1) is 0 Å². The minimum absolute atomic E-state index is 1.06. The first-order chi connectivity index (χ1) is 26.7. The van der Waals surface area contributed by atoms with Crippen molar-refractivity contribution in [3.8, 4) is 66.8 Å². The molecule has 0 atom stereocenters. The molecular weight excluding hydrogens is 653 g/mol. The molecule has 9 aromatic carbocycles. The number of hydrogen-bond donors (Lipinski definition) is 0. The Bertz CT molecular complexity index is 2790. The highest BCUT2D eigenvalue weighted by molar-refractivity contribution is 6.20. The summed E-state index contributed by atoms with van der Waals surface area (Å²) in [5.41, 5.74) is 19.7. The fourth-order valence-electron chi connectivity index (χ4n) is 9.09. The normalized spacial score (nSPS) is 12.1. The van der Waals surface area contributed by atoms with Crippen molar-refractivity contribution in [2.24, 2.45) is 4.99 Å². The predicted octanol–water partition coefficient (Wildman–Crippen LogP) is 14.1. The molecule has 252 valence electrons. The summed E-state index contributed by atoms with van der Waals surface area (Å²) in [7, 11) is 1.82. The van der Waals surface area contributed by atoms with Gasteiger partial charge in [0.1, 0.15) is 0 Å². The van der Waals surface area contributed by atoms with E-state index < -0.39 is 0 Å². The zero-order valence-electron chi connectivity index (χ0n) is 29.8. The molecule has 54 heavy (non-hydrogen) atoms. The number of benzene rings is 9. The fourth-order valence-corrected chi connectivity index (χ4v) is 9.09. The molecule has 0 aromatic heterocycles. The van der Waals surface area contributed by atoms with Crippen LogP contribution in [0.15, 0.2) is 187 Å². The Balaban J connectivity index is 1.07.